The smallest absolute Gasteiger partial charge is 0.243 e. The van der Waals surface area contributed by atoms with Gasteiger partial charge in [-0.2, -0.15) is 0 Å². The molecule has 0 aliphatic carbocycles. The first kappa shape index (κ1) is 14.4. The number of rotatable bonds is 6. The maximum Gasteiger partial charge on any atom is 0.243 e. The maximum atomic E-state index is 10.5. The second-order valence-electron chi connectivity index (χ2n) is 5.08. The molecule has 0 aromatic rings. The van der Waals surface area contributed by atoms with Crippen molar-refractivity contribution in [3.8, 4) is 0 Å². The number of amides is 1. The zero-order chi connectivity index (χ0) is 12.8. The van der Waals surface area contributed by atoms with Crippen molar-refractivity contribution in [3.63, 3.8) is 0 Å². The van der Waals surface area contributed by atoms with Crippen LogP contribution in [0.5, 0.6) is 0 Å². The summed E-state index contributed by atoms with van der Waals surface area (Å²) in [6.45, 7) is 6.98. The topological polar surface area (TPSA) is 67.6 Å². The van der Waals surface area contributed by atoms with E-state index in [0.717, 1.165) is 19.5 Å². The quantitative estimate of drug-likeness (QED) is 0.634. The van der Waals surface area contributed by atoms with Crippen LogP contribution in [0.15, 0.2) is 0 Å². The predicted octanol–water partition coefficient (Wildman–Crippen LogP) is -0.193. The van der Waals surface area contributed by atoms with E-state index in [-0.39, 0.29) is 6.61 Å². The van der Waals surface area contributed by atoms with E-state index in [2.05, 4.69) is 31.1 Å². The Balaban J connectivity index is 2.16. The highest BCUT2D eigenvalue weighted by Crippen LogP contribution is 2.20. The number of nitrogens with one attached hydrogen (secondary N) is 1. The number of nitrogens with two attached hydrogens (primary N) is 1. The Morgan fingerprint density at radius 2 is 2.24 bits per heavy atom. The molecule has 0 aromatic carbocycles. The molecule has 1 saturated heterocycles. The van der Waals surface area contributed by atoms with E-state index in [9.17, 15) is 4.79 Å². The van der Waals surface area contributed by atoms with Gasteiger partial charge < -0.3 is 20.7 Å². The highest BCUT2D eigenvalue weighted by molar-refractivity contribution is 5.74. The number of ether oxygens (including phenoxy) is 1. The van der Waals surface area contributed by atoms with Gasteiger partial charge in [0, 0.05) is 25.2 Å². The molecule has 0 aromatic heterocycles. The SMILES string of the molecule is CC1CN(C)C(C)CC1NCCOCC(N)=O. The first-order chi connectivity index (χ1) is 8.00. The summed E-state index contributed by atoms with van der Waals surface area (Å²) in [5.41, 5.74) is 4.98. The van der Waals surface area contributed by atoms with Crippen molar-refractivity contribution in [2.75, 3.05) is 33.4 Å². The largest absolute Gasteiger partial charge is 0.370 e. The number of piperidine rings is 1. The van der Waals surface area contributed by atoms with E-state index in [4.69, 9.17) is 10.5 Å². The third kappa shape index (κ3) is 5.02. The molecule has 1 rings (SSSR count). The Kier molecular flexibility index (Phi) is 5.88. The maximum absolute atomic E-state index is 10.5. The van der Waals surface area contributed by atoms with Crippen LogP contribution in [0.25, 0.3) is 0 Å². The lowest BCUT2D eigenvalue weighted by molar-refractivity contribution is -0.122. The lowest BCUT2D eigenvalue weighted by Gasteiger charge is -2.40. The summed E-state index contributed by atoms with van der Waals surface area (Å²) >= 11 is 0. The first-order valence-electron chi connectivity index (χ1n) is 6.30. The Morgan fingerprint density at radius 3 is 2.88 bits per heavy atom. The molecule has 1 fully saturated rings. The highest BCUT2D eigenvalue weighted by Gasteiger charge is 2.28. The van der Waals surface area contributed by atoms with Crippen LogP contribution in [0, 0.1) is 5.92 Å². The predicted molar refractivity (Wildman–Crippen MR) is 67.7 cm³/mol. The molecule has 3 N–H and O–H groups in total. The molecule has 5 heteroatoms. The lowest BCUT2D eigenvalue weighted by atomic mass is 9.90. The van der Waals surface area contributed by atoms with Crippen molar-refractivity contribution < 1.29 is 9.53 Å². The van der Waals surface area contributed by atoms with Crippen LogP contribution in [0.2, 0.25) is 0 Å². The van der Waals surface area contributed by atoms with Gasteiger partial charge >= 0.3 is 0 Å². The van der Waals surface area contributed by atoms with Crippen molar-refractivity contribution in [1.29, 1.82) is 0 Å². The summed E-state index contributed by atoms with van der Waals surface area (Å²) in [4.78, 5) is 12.9. The number of hydrogen-bond donors (Lipinski definition) is 2. The van der Waals surface area contributed by atoms with Gasteiger partial charge in [0.1, 0.15) is 6.61 Å². The second kappa shape index (κ2) is 6.93. The fourth-order valence-electron chi connectivity index (χ4n) is 2.31. The molecule has 1 aliphatic rings. The number of likely N-dealkylation sites (tertiary alicyclic amines) is 1. The monoisotopic (exact) mass is 243 g/mol. The van der Waals surface area contributed by atoms with Gasteiger partial charge in [-0.3, -0.25) is 4.79 Å². The molecule has 3 atom stereocenters. The number of carbonyl (C=O) groups excluding carboxylic acids is 1. The summed E-state index contributed by atoms with van der Waals surface area (Å²) in [5.74, 6) is 0.235. The Bertz CT molecular complexity index is 248. The van der Waals surface area contributed by atoms with E-state index in [1.807, 2.05) is 0 Å². The molecule has 100 valence electrons. The Labute approximate surface area is 104 Å². The fraction of sp³-hybridized carbons (Fsp3) is 0.917. The van der Waals surface area contributed by atoms with Crippen molar-refractivity contribution in [2.45, 2.75) is 32.4 Å². The molecule has 1 amide bonds. The molecule has 0 radical (unpaired) electrons. The standard InChI is InChI=1S/C12H25N3O2/c1-9-7-15(3)10(2)6-11(9)14-4-5-17-8-12(13)16/h9-11,14H,4-8H2,1-3H3,(H2,13,16). The van der Waals surface area contributed by atoms with Crippen molar-refractivity contribution in [3.05, 3.63) is 0 Å². The molecule has 0 spiro atoms. The minimum absolute atomic E-state index is 0.0149. The van der Waals surface area contributed by atoms with Crippen molar-refractivity contribution >= 4 is 5.91 Å². The van der Waals surface area contributed by atoms with Crippen LogP contribution in [0.3, 0.4) is 0 Å². The summed E-state index contributed by atoms with van der Waals surface area (Å²) in [6, 6.07) is 1.16. The Hall–Kier alpha value is -0.650. The van der Waals surface area contributed by atoms with Gasteiger partial charge in [-0.25, -0.2) is 0 Å². The van der Waals surface area contributed by atoms with E-state index in [1.165, 1.54) is 0 Å². The normalized spacial score (nSPS) is 30.4. The lowest BCUT2D eigenvalue weighted by Crippen LogP contribution is -2.51. The minimum Gasteiger partial charge on any atom is -0.370 e. The molecular weight excluding hydrogens is 218 g/mol. The van der Waals surface area contributed by atoms with Gasteiger partial charge in [-0.15, -0.1) is 0 Å². The van der Waals surface area contributed by atoms with Crippen LogP contribution in [-0.2, 0) is 9.53 Å². The van der Waals surface area contributed by atoms with Gasteiger partial charge in [0.15, 0.2) is 0 Å². The van der Waals surface area contributed by atoms with Crippen LogP contribution in [0.1, 0.15) is 20.3 Å². The van der Waals surface area contributed by atoms with Crippen LogP contribution in [-0.4, -0.2) is 56.2 Å². The van der Waals surface area contributed by atoms with Gasteiger partial charge in [0.25, 0.3) is 0 Å². The van der Waals surface area contributed by atoms with Crippen molar-refractivity contribution in [1.82, 2.24) is 10.2 Å². The molecule has 17 heavy (non-hydrogen) atoms. The summed E-state index contributed by atoms with van der Waals surface area (Å²) < 4.78 is 5.12. The summed E-state index contributed by atoms with van der Waals surface area (Å²) in [7, 11) is 2.17. The average molecular weight is 243 g/mol. The van der Waals surface area contributed by atoms with E-state index in [0.29, 0.717) is 24.6 Å². The van der Waals surface area contributed by atoms with E-state index >= 15 is 0 Å². The van der Waals surface area contributed by atoms with E-state index in [1.54, 1.807) is 0 Å². The molecule has 1 aliphatic heterocycles. The van der Waals surface area contributed by atoms with Crippen molar-refractivity contribution in [2.24, 2.45) is 11.7 Å². The second-order valence-corrected chi connectivity index (χ2v) is 5.08. The number of nitrogens with zero attached hydrogens (tertiary/aromatic N) is 1. The fourth-order valence-corrected chi connectivity index (χ4v) is 2.31. The van der Waals surface area contributed by atoms with Crippen LogP contribution >= 0.6 is 0 Å². The molecular formula is C12H25N3O2. The first-order valence-corrected chi connectivity index (χ1v) is 6.30. The molecule has 5 nitrogen and oxygen atoms in total. The number of hydrogen-bond acceptors (Lipinski definition) is 4. The number of primary amides is 1. The summed E-state index contributed by atoms with van der Waals surface area (Å²) in [5, 5.41) is 3.49. The third-order valence-corrected chi connectivity index (χ3v) is 3.51. The zero-order valence-electron chi connectivity index (χ0n) is 11.1. The van der Waals surface area contributed by atoms with Crippen LogP contribution < -0.4 is 11.1 Å². The van der Waals surface area contributed by atoms with Gasteiger partial charge in [-0.05, 0) is 26.3 Å². The minimum atomic E-state index is -0.411. The van der Waals surface area contributed by atoms with E-state index < -0.39 is 5.91 Å². The van der Waals surface area contributed by atoms with Gasteiger partial charge in [0.2, 0.25) is 5.91 Å². The van der Waals surface area contributed by atoms with Gasteiger partial charge in [-0.1, -0.05) is 6.92 Å². The molecule has 3 unspecified atom stereocenters. The third-order valence-electron chi connectivity index (χ3n) is 3.51. The molecule has 1 heterocycles. The number of carbonyl (C=O) groups is 1. The highest BCUT2D eigenvalue weighted by atomic mass is 16.5. The zero-order valence-corrected chi connectivity index (χ0v) is 11.1. The average Bonchev–Trinajstić information content (AvgIpc) is 2.24. The Morgan fingerprint density at radius 1 is 1.53 bits per heavy atom. The molecule has 0 saturated carbocycles. The summed E-state index contributed by atoms with van der Waals surface area (Å²) in [6.07, 6.45) is 1.16. The van der Waals surface area contributed by atoms with Crippen LogP contribution in [0.4, 0.5) is 0 Å². The van der Waals surface area contributed by atoms with Gasteiger partial charge in [0.05, 0.1) is 6.61 Å². The molecule has 0 bridgehead atoms.